The van der Waals surface area contributed by atoms with Gasteiger partial charge in [-0.2, -0.15) is 4.31 Å². The number of carbonyl (C=O) groups excluding carboxylic acids is 1. The number of amides is 1. The van der Waals surface area contributed by atoms with Gasteiger partial charge in [-0.3, -0.25) is 4.79 Å². The summed E-state index contributed by atoms with van der Waals surface area (Å²) in [5, 5.41) is 2.86. The van der Waals surface area contributed by atoms with Crippen molar-refractivity contribution in [3.8, 4) is 0 Å². The van der Waals surface area contributed by atoms with E-state index < -0.39 is 10.0 Å². The molecule has 0 bridgehead atoms. The Hall–Kier alpha value is -1.74. The van der Waals surface area contributed by atoms with Crippen molar-refractivity contribution in [2.24, 2.45) is 0 Å². The van der Waals surface area contributed by atoms with Gasteiger partial charge in [-0.1, -0.05) is 30.3 Å². The van der Waals surface area contributed by atoms with Gasteiger partial charge in [-0.15, -0.1) is 11.3 Å². The van der Waals surface area contributed by atoms with Gasteiger partial charge in [0.2, 0.25) is 10.0 Å². The van der Waals surface area contributed by atoms with Gasteiger partial charge < -0.3 is 10.1 Å². The van der Waals surface area contributed by atoms with E-state index in [4.69, 9.17) is 4.74 Å². The molecule has 1 aliphatic heterocycles. The number of carbonyl (C=O) groups is 1. The van der Waals surface area contributed by atoms with Crippen molar-refractivity contribution in [1.29, 1.82) is 0 Å². The van der Waals surface area contributed by atoms with E-state index in [2.05, 4.69) is 5.32 Å². The summed E-state index contributed by atoms with van der Waals surface area (Å²) in [5.41, 5.74) is 1.14. The third-order valence-corrected chi connectivity index (χ3v) is 7.43. The van der Waals surface area contributed by atoms with Gasteiger partial charge in [0.15, 0.2) is 0 Å². The first kappa shape index (κ1) is 19.0. The van der Waals surface area contributed by atoms with Crippen LogP contribution in [0.5, 0.6) is 0 Å². The van der Waals surface area contributed by atoms with Crippen molar-refractivity contribution in [1.82, 2.24) is 9.62 Å². The molecule has 1 fully saturated rings. The maximum absolute atomic E-state index is 12.8. The van der Waals surface area contributed by atoms with Gasteiger partial charge in [0, 0.05) is 24.5 Å². The molecule has 1 aromatic carbocycles. The van der Waals surface area contributed by atoms with E-state index in [1.807, 2.05) is 30.3 Å². The summed E-state index contributed by atoms with van der Waals surface area (Å²) in [5.74, 6) is -0.238. The molecule has 140 valence electrons. The number of hydrogen-bond donors (Lipinski definition) is 1. The van der Waals surface area contributed by atoms with Gasteiger partial charge in [-0.25, -0.2) is 8.42 Å². The van der Waals surface area contributed by atoms with E-state index in [0.717, 1.165) is 12.0 Å². The molecule has 3 rings (SSSR count). The van der Waals surface area contributed by atoms with Crippen LogP contribution in [0.2, 0.25) is 0 Å². The van der Waals surface area contributed by atoms with Crippen molar-refractivity contribution in [3.63, 3.8) is 0 Å². The van der Waals surface area contributed by atoms with Crippen LogP contribution in [-0.4, -0.2) is 51.5 Å². The molecule has 1 aromatic heterocycles. The molecule has 1 aliphatic rings. The summed E-state index contributed by atoms with van der Waals surface area (Å²) < 4.78 is 32.2. The first-order chi connectivity index (χ1) is 12.5. The number of rotatable bonds is 6. The minimum absolute atomic E-state index is 0.220. The summed E-state index contributed by atoms with van der Waals surface area (Å²) in [7, 11) is -3.59. The Kier molecular flexibility index (Phi) is 6.08. The van der Waals surface area contributed by atoms with Crippen LogP contribution in [-0.2, 0) is 21.2 Å². The van der Waals surface area contributed by atoms with Crippen LogP contribution in [0.25, 0.3) is 0 Å². The highest BCUT2D eigenvalue weighted by Gasteiger charge is 2.30. The average Bonchev–Trinajstić information content (AvgIpc) is 3.06. The van der Waals surface area contributed by atoms with Crippen molar-refractivity contribution < 1.29 is 17.9 Å². The Balaban J connectivity index is 1.66. The van der Waals surface area contributed by atoms with Crippen LogP contribution < -0.4 is 5.32 Å². The van der Waals surface area contributed by atoms with Crippen LogP contribution in [0.4, 0.5) is 0 Å². The predicted molar refractivity (Wildman–Crippen MR) is 101 cm³/mol. The van der Waals surface area contributed by atoms with E-state index in [1.54, 1.807) is 6.92 Å². The lowest BCUT2D eigenvalue weighted by atomic mass is 10.1. The predicted octanol–water partition coefficient (Wildman–Crippen LogP) is 2.05. The van der Waals surface area contributed by atoms with Crippen LogP contribution in [0.3, 0.4) is 0 Å². The first-order valence-corrected chi connectivity index (χ1v) is 10.7. The largest absolute Gasteiger partial charge is 0.379 e. The number of benzene rings is 1. The van der Waals surface area contributed by atoms with E-state index in [9.17, 15) is 13.2 Å². The summed E-state index contributed by atoms with van der Waals surface area (Å²) in [6, 6.07) is 11.4. The Bertz CT molecular complexity index is 857. The van der Waals surface area contributed by atoms with Gasteiger partial charge in [-0.05, 0) is 25.0 Å². The molecule has 2 aromatic rings. The Labute approximate surface area is 157 Å². The molecule has 26 heavy (non-hydrogen) atoms. The van der Waals surface area contributed by atoms with Gasteiger partial charge in [0.25, 0.3) is 5.91 Å². The molecule has 0 radical (unpaired) electrons. The summed E-state index contributed by atoms with van der Waals surface area (Å²) in [6.45, 7) is 3.72. The number of morpholine rings is 1. The second-order valence-electron chi connectivity index (χ2n) is 6.04. The Morgan fingerprint density at radius 1 is 1.23 bits per heavy atom. The second kappa shape index (κ2) is 8.30. The monoisotopic (exact) mass is 394 g/mol. The number of nitrogens with one attached hydrogen (secondary N) is 1. The molecule has 0 aliphatic carbocycles. The van der Waals surface area contributed by atoms with Crippen molar-refractivity contribution in [2.45, 2.75) is 18.2 Å². The van der Waals surface area contributed by atoms with Gasteiger partial charge in [0.05, 0.1) is 23.0 Å². The van der Waals surface area contributed by atoms with Gasteiger partial charge in [0.1, 0.15) is 0 Å². The molecular weight excluding hydrogens is 372 g/mol. The third-order valence-electron chi connectivity index (χ3n) is 4.23. The molecule has 1 saturated heterocycles. The number of hydrogen-bond acceptors (Lipinski definition) is 5. The normalized spacial score (nSPS) is 15.7. The van der Waals surface area contributed by atoms with Crippen LogP contribution in [0.1, 0.15) is 20.1 Å². The lowest BCUT2D eigenvalue weighted by molar-refractivity contribution is 0.0730. The van der Waals surface area contributed by atoms with Crippen molar-refractivity contribution >= 4 is 27.3 Å². The quantitative estimate of drug-likeness (QED) is 0.814. The zero-order chi connectivity index (χ0) is 18.6. The minimum Gasteiger partial charge on any atom is -0.379 e. The molecule has 0 spiro atoms. The topological polar surface area (TPSA) is 75.7 Å². The van der Waals surface area contributed by atoms with E-state index >= 15 is 0 Å². The SMILES string of the molecule is Cc1sc(C(=O)NCCc2ccccc2)cc1S(=O)(=O)N1CCOCC1. The summed E-state index contributed by atoms with van der Waals surface area (Å²) in [4.78, 5) is 13.6. The van der Waals surface area contributed by atoms with E-state index in [0.29, 0.717) is 42.6 Å². The Morgan fingerprint density at radius 3 is 2.62 bits per heavy atom. The van der Waals surface area contributed by atoms with E-state index in [1.165, 1.54) is 21.7 Å². The fourth-order valence-corrected chi connectivity index (χ4v) is 5.70. The molecule has 2 heterocycles. The number of aryl methyl sites for hydroxylation is 1. The fourth-order valence-electron chi connectivity index (χ4n) is 2.81. The molecule has 0 unspecified atom stereocenters. The smallest absolute Gasteiger partial charge is 0.261 e. The zero-order valence-corrected chi connectivity index (χ0v) is 16.2. The lowest BCUT2D eigenvalue weighted by Gasteiger charge is -2.25. The van der Waals surface area contributed by atoms with Crippen molar-refractivity contribution in [2.75, 3.05) is 32.8 Å². The maximum Gasteiger partial charge on any atom is 0.261 e. The number of ether oxygens (including phenoxy) is 1. The second-order valence-corrected chi connectivity index (χ2v) is 9.20. The molecule has 1 amide bonds. The molecule has 1 N–H and O–H groups in total. The van der Waals surface area contributed by atoms with Crippen LogP contribution in [0, 0.1) is 6.92 Å². The number of nitrogens with zero attached hydrogens (tertiary/aromatic N) is 1. The number of thiophene rings is 1. The highest BCUT2D eigenvalue weighted by atomic mass is 32.2. The lowest BCUT2D eigenvalue weighted by Crippen LogP contribution is -2.40. The molecule has 0 saturated carbocycles. The van der Waals surface area contributed by atoms with Gasteiger partial charge >= 0.3 is 0 Å². The highest BCUT2D eigenvalue weighted by molar-refractivity contribution is 7.89. The number of sulfonamides is 1. The average molecular weight is 395 g/mol. The molecule has 6 nitrogen and oxygen atoms in total. The molecular formula is C18H22N2O4S2. The van der Waals surface area contributed by atoms with E-state index in [-0.39, 0.29) is 10.8 Å². The van der Waals surface area contributed by atoms with Crippen LogP contribution >= 0.6 is 11.3 Å². The maximum atomic E-state index is 12.8. The third kappa shape index (κ3) is 4.32. The van der Waals surface area contributed by atoms with Crippen molar-refractivity contribution in [3.05, 3.63) is 51.7 Å². The fraction of sp³-hybridized carbons (Fsp3) is 0.389. The molecule has 0 atom stereocenters. The van der Waals surface area contributed by atoms with Crippen LogP contribution in [0.15, 0.2) is 41.3 Å². The molecule has 8 heteroatoms. The Morgan fingerprint density at radius 2 is 1.92 bits per heavy atom. The zero-order valence-electron chi connectivity index (χ0n) is 14.6. The summed E-state index contributed by atoms with van der Waals surface area (Å²) in [6.07, 6.45) is 0.732. The highest BCUT2D eigenvalue weighted by Crippen LogP contribution is 2.28. The summed E-state index contributed by atoms with van der Waals surface area (Å²) >= 11 is 1.21. The first-order valence-electron chi connectivity index (χ1n) is 8.49. The standard InChI is InChI=1S/C18H22N2O4S2/c1-14-17(26(22,23)20-9-11-24-12-10-20)13-16(25-14)18(21)19-8-7-15-5-3-2-4-6-15/h2-6,13H,7-12H2,1H3,(H,19,21). The minimum atomic E-state index is -3.59.